The normalized spacial score (nSPS) is 19.0. The lowest BCUT2D eigenvalue weighted by molar-refractivity contribution is -0.130. The van der Waals surface area contributed by atoms with Crippen molar-refractivity contribution >= 4 is 17.7 Å². The van der Waals surface area contributed by atoms with Gasteiger partial charge >= 0.3 is 0 Å². The fraction of sp³-hybridized carbons (Fsp3) is 0.409. The molecule has 2 atom stereocenters. The third-order valence-corrected chi connectivity index (χ3v) is 6.21. The third-order valence-electron chi connectivity index (χ3n) is 5.01. The molecule has 2 aromatic carbocycles. The molecule has 1 N–H and O–H groups in total. The second kappa shape index (κ2) is 7.36. The van der Waals surface area contributed by atoms with Crippen molar-refractivity contribution in [3.8, 4) is 5.75 Å². The molecule has 1 saturated heterocycles. The van der Waals surface area contributed by atoms with Gasteiger partial charge in [-0.25, -0.2) is 0 Å². The van der Waals surface area contributed by atoms with Gasteiger partial charge in [-0.3, -0.25) is 4.79 Å². The molecular formula is C22H27NO2S. The molecule has 0 saturated carbocycles. The second-order valence-electron chi connectivity index (χ2n) is 7.98. The molecule has 1 aliphatic heterocycles. The first kappa shape index (κ1) is 18.8. The zero-order chi connectivity index (χ0) is 18.9. The van der Waals surface area contributed by atoms with Crippen molar-refractivity contribution in [2.75, 3.05) is 5.88 Å². The van der Waals surface area contributed by atoms with Crippen molar-refractivity contribution in [3.63, 3.8) is 0 Å². The monoisotopic (exact) mass is 369 g/mol. The number of phenols is 1. The highest BCUT2D eigenvalue weighted by molar-refractivity contribution is 8.01. The van der Waals surface area contributed by atoms with Gasteiger partial charge in [0.15, 0.2) is 0 Å². The lowest BCUT2D eigenvalue weighted by atomic mass is 9.85. The Hall–Kier alpha value is -1.94. The number of amides is 1. The number of nitrogens with zero attached hydrogens (tertiary/aromatic N) is 1. The second-order valence-corrected chi connectivity index (χ2v) is 9.15. The van der Waals surface area contributed by atoms with E-state index in [2.05, 4.69) is 39.8 Å². The lowest BCUT2D eigenvalue weighted by Gasteiger charge is -2.24. The molecule has 3 nitrogen and oxygen atoms in total. The number of aromatic hydroxyl groups is 1. The number of carbonyl (C=O) groups excluding carboxylic acids is 1. The molecule has 0 spiro atoms. The highest BCUT2D eigenvalue weighted by Crippen LogP contribution is 2.36. The number of hydrogen-bond donors (Lipinski definition) is 1. The summed E-state index contributed by atoms with van der Waals surface area (Å²) in [7, 11) is 0. The number of thioether (sulfide) groups is 1. The molecule has 2 aromatic rings. The first-order chi connectivity index (χ1) is 12.3. The van der Waals surface area contributed by atoms with E-state index in [-0.39, 0.29) is 22.6 Å². The maximum Gasteiger partial charge on any atom is 0.237 e. The van der Waals surface area contributed by atoms with Crippen molar-refractivity contribution in [1.29, 1.82) is 0 Å². The minimum Gasteiger partial charge on any atom is -0.508 e. The van der Waals surface area contributed by atoms with E-state index < -0.39 is 0 Å². The summed E-state index contributed by atoms with van der Waals surface area (Å²) < 4.78 is 0. The molecular weight excluding hydrogens is 342 g/mol. The molecule has 1 fully saturated rings. The number of rotatable bonds is 4. The Morgan fingerprint density at radius 3 is 2.54 bits per heavy atom. The van der Waals surface area contributed by atoms with Crippen molar-refractivity contribution in [2.24, 2.45) is 0 Å². The molecule has 0 bridgehead atoms. The van der Waals surface area contributed by atoms with E-state index in [0.717, 1.165) is 17.0 Å². The molecule has 1 amide bonds. The highest BCUT2D eigenvalue weighted by atomic mass is 32.2. The topological polar surface area (TPSA) is 40.5 Å². The lowest BCUT2D eigenvalue weighted by Crippen LogP contribution is -2.32. The fourth-order valence-corrected chi connectivity index (χ4v) is 4.66. The van der Waals surface area contributed by atoms with Crippen molar-refractivity contribution in [2.45, 2.75) is 50.8 Å². The summed E-state index contributed by atoms with van der Waals surface area (Å²) in [6.45, 7) is 8.36. The van der Waals surface area contributed by atoms with Crippen LogP contribution in [0.1, 0.15) is 50.4 Å². The molecule has 0 aliphatic carbocycles. The van der Waals surface area contributed by atoms with Gasteiger partial charge in [0.1, 0.15) is 5.75 Å². The Morgan fingerprint density at radius 2 is 1.88 bits per heavy atom. The summed E-state index contributed by atoms with van der Waals surface area (Å²) in [4.78, 5) is 14.9. The van der Waals surface area contributed by atoms with Gasteiger partial charge in [0.2, 0.25) is 5.91 Å². The summed E-state index contributed by atoms with van der Waals surface area (Å²) >= 11 is 1.71. The Morgan fingerprint density at radius 1 is 1.19 bits per heavy atom. The summed E-state index contributed by atoms with van der Waals surface area (Å²) in [5.41, 5.74) is 3.08. The van der Waals surface area contributed by atoms with Crippen LogP contribution < -0.4 is 0 Å². The third kappa shape index (κ3) is 3.90. The van der Waals surface area contributed by atoms with E-state index in [1.165, 1.54) is 5.56 Å². The van der Waals surface area contributed by atoms with E-state index in [1.54, 1.807) is 17.8 Å². The summed E-state index contributed by atoms with van der Waals surface area (Å²) in [5.74, 6) is 1.26. The molecule has 0 radical (unpaired) electrons. The minimum atomic E-state index is -0.124. The molecule has 3 rings (SSSR count). The Balaban J connectivity index is 1.74. The molecule has 0 aromatic heterocycles. The SMILES string of the molecule is CC(c1ccccc1)N1CSC(Cc2ccc(O)c(C(C)(C)C)c2)C1=O. The van der Waals surface area contributed by atoms with Crippen molar-refractivity contribution in [3.05, 3.63) is 65.2 Å². The molecule has 1 heterocycles. The predicted molar refractivity (Wildman–Crippen MR) is 108 cm³/mol. The van der Waals surface area contributed by atoms with E-state index in [4.69, 9.17) is 0 Å². The number of hydrogen-bond acceptors (Lipinski definition) is 3. The maximum absolute atomic E-state index is 12.9. The van der Waals surface area contributed by atoms with Gasteiger partial charge in [0, 0.05) is 0 Å². The van der Waals surface area contributed by atoms with Gasteiger partial charge in [-0.2, -0.15) is 0 Å². The Kier molecular flexibility index (Phi) is 5.33. The van der Waals surface area contributed by atoms with Gasteiger partial charge in [0.25, 0.3) is 0 Å². The fourth-order valence-electron chi connectivity index (χ4n) is 3.38. The van der Waals surface area contributed by atoms with Gasteiger partial charge in [0.05, 0.1) is 17.2 Å². The van der Waals surface area contributed by atoms with Crippen LogP contribution in [0, 0.1) is 0 Å². The molecule has 2 unspecified atom stereocenters. The van der Waals surface area contributed by atoms with Gasteiger partial charge < -0.3 is 10.0 Å². The van der Waals surface area contributed by atoms with E-state index >= 15 is 0 Å². The first-order valence-corrected chi connectivity index (χ1v) is 10.1. The largest absolute Gasteiger partial charge is 0.508 e. The van der Waals surface area contributed by atoms with Crippen LogP contribution in [0.5, 0.6) is 5.75 Å². The van der Waals surface area contributed by atoms with Crippen LogP contribution >= 0.6 is 11.8 Å². The quantitative estimate of drug-likeness (QED) is 0.834. The average Bonchev–Trinajstić information content (AvgIpc) is 2.96. The van der Waals surface area contributed by atoms with Crippen LogP contribution in [0.3, 0.4) is 0 Å². The van der Waals surface area contributed by atoms with Gasteiger partial charge in [-0.1, -0.05) is 63.2 Å². The molecule has 138 valence electrons. The molecule has 26 heavy (non-hydrogen) atoms. The van der Waals surface area contributed by atoms with E-state index in [0.29, 0.717) is 12.2 Å². The average molecular weight is 370 g/mol. The van der Waals surface area contributed by atoms with Crippen LogP contribution in [-0.4, -0.2) is 27.0 Å². The van der Waals surface area contributed by atoms with E-state index in [1.807, 2.05) is 35.2 Å². The first-order valence-electron chi connectivity index (χ1n) is 9.07. The smallest absolute Gasteiger partial charge is 0.237 e. The number of phenolic OH excluding ortho intramolecular Hbond substituents is 1. The minimum absolute atomic E-state index is 0.0569. The van der Waals surface area contributed by atoms with Gasteiger partial charge in [-0.15, -0.1) is 11.8 Å². The summed E-state index contributed by atoms with van der Waals surface area (Å²) in [6, 6.07) is 16.0. The zero-order valence-corrected chi connectivity index (χ0v) is 16.7. The van der Waals surface area contributed by atoms with Crippen LogP contribution in [0.2, 0.25) is 0 Å². The van der Waals surface area contributed by atoms with Crippen molar-refractivity contribution < 1.29 is 9.90 Å². The van der Waals surface area contributed by atoms with Crippen LogP contribution in [0.4, 0.5) is 0 Å². The predicted octanol–water partition coefficient (Wildman–Crippen LogP) is 4.89. The highest BCUT2D eigenvalue weighted by Gasteiger charge is 2.35. The van der Waals surface area contributed by atoms with Gasteiger partial charge in [-0.05, 0) is 41.5 Å². The van der Waals surface area contributed by atoms with Crippen LogP contribution in [0.15, 0.2) is 48.5 Å². The number of carbonyl (C=O) groups is 1. The summed E-state index contributed by atoms with van der Waals surface area (Å²) in [5, 5.41) is 10.1. The van der Waals surface area contributed by atoms with E-state index in [9.17, 15) is 9.90 Å². The van der Waals surface area contributed by atoms with Crippen LogP contribution in [-0.2, 0) is 16.6 Å². The molecule has 1 aliphatic rings. The molecule has 4 heteroatoms. The van der Waals surface area contributed by atoms with Crippen molar-refractivity contribution in [1.82, 2.24) is 4.90 Å². The standard InChI is InChI=1S/C22H27NO2S/c1-15(17-8-6-5-7-9-17)23-14-26-20(21(23)25)13-16-10-11-19(24)18(12-16)22(2,3)4/h5-12,15,20,24H,13-14H2,1-4H3. The van der Waals surface area contributed by atoms with Crippen LogP contribution in [0.25, 0.3) is 0 Å². The zero-order valence-electron chi connectivity index (χ0n) is 15.9. The maximum atomic E-state index is 12.9. The Bertz CT molecular complexity index is 782. The summed E-state index contributed by atoms with van der Waals surface area (Å²) in [6.07, 6.45) is 0.699. The number of benzene rings is 2. The Labute approximate surface area is 160 Å².